The van der Waals surface area contributed by atoms with Gasteiger partial charge in [0.2, 0.25) is 0 Å². The summed E-state index contributed by atoms with van der Waals surface area (Å²) in [6, 6.07) is 16.4. The third-order valence-corrected chi connectivity index (χ3v) is 4.89. The van der Waals surface area contributed by atoms with Gasteiger partial charge in [0, 0.05) is 6.20 Å². The number of nitrogens with one attached hydrogen (secondary N) is 2. The van der Waals surface area contributed by atoms with Gasteiger partial charge in [0.25, 0.3) is 17.1 Å². The van der Waals surface area contributed by atoms with E-state index in [9.17, 15) is 14.4 Å². The number of nitrogens with zero attached hydrogens (tertiary/aromatic N) is 1. The second-order valence-corrected chi connectivity index (χ2v) is 7.19. The van der Waals surface area contributed by atoms with Gasteiger partial charge < -0.3 is 10.1 Å². The van der Waals surface area contributed by atoms with Gasteiger partial charge in [0.1, 0.15) is 11.6 Å². The topological polar surface area (TPSA) is 97.4 Å². The number of rotatable bonds is 5. The zero-order valence-corrected chi connectivity index (χ0v) is 15.9. The molecule has 0 atom stereocenters. The van der Waals surface area contributed by atoms with E-state index in [1.54, 1.807) is 36.5 Å². The lowest BCUT2D eigenvalue weighted by Crippen LogP contribution is -2.20. The molecule has 1 fully saturated rings. The second-order valence-electron chi connectivity index (χ2n) is 6.17. The zero-order valence-electron chi connectivity index (χ0n) is 15.0. The van der Waals surface area contributed by atoms with E-state index < -0.39 is 0 Å². The smallest absolute Gasteiger partial charge is 0.290 e. The molecule has 29 heavy (non-hydrogen) atoms. The van der Waals surface area contributed by atoms with Crippen LogP contribution in [-0.2, 0) is 9.59 Å². The lowest BCUT2D eigenvalue weighted by atomic mass is 10.1. The van der Waals surface area contributed by atoms with Crippen molar-refractivity contribution in [2.75, 3.05) is 11.9 Å². The van der Waals surface area contributed by atoms with Gasteiger partial charge in [-0.25, -0.2) is 4.98 Å². The van der Waals surface area contributed by atoms with Crippen molar-refractivity contribution >= 4 is 51.5 Å². The van der Waals surface area contributed by atoms with Gasteiger partial charge in [-0.3, -0.25) is 19.7 Å². The minimum atomic E-state index is -0.382. The fraction of sp³-hybridized carbons (Fsp3) is 0.0476. The van der Waals surface area contributed by atoms with Crippen LogP contribution in [0.4, 0.5) is 10.6 Å². The van der Waals surface area contributed by atoms with E-state index in [2.05, 4.69) is 15.6 Å². The van der Waals surface area contributed by atoms with Gasteiger partial charge in [-0.2, -0.15) is 0 Å². The summed E-state index contributed by atoms with van der Waals surface area (Å²) in [6.07, 6.45) is 3.27. The molecule has 1 aromatic heterocycles. The molecule has 0 unspecified atom stereocenters. The van der Waals surface area contributed by atoms with Crippen LogP contribution in [0.2, 0.25) is 0 Å². The van der Waals surface area contributed by atoms with Crippen molar-refractivity contribution in [3.63, 3.8) is 0 Å². The quantitative estimate of drug-likeness (QED) is 0.630. The maximum absolute atomic E-state index is 12.0. The molecule has 144 valence electrons. The molecule has 2 aromatic carbocycles. The number of benzene rings is 2. The number of carbonyl (C=O) groups is 3. The summed E-state index contributed by atoms with van der Waals surface area (Å²) in [4.78, 5) is 39.3. The Morgan fingerprint density at radius 2 is 1.93 bits per heavy atom. The number of ether oxygens (including phenoxy) is 1. The first-order chi connectivity index (χ1) is 14.1. The van der Waals surface area contributed by atoms with Crippen molar-refractivity contribution in [3.05, 3.63) is 71.3 Å². The number of thioether (sulfide) groups is 1. The van der Waals surface area contributed by atoms with Gasteiger partial charge in [0.15, 0.2) is 6.61 Å². The predicted molar refractivity (Wildman–Crippen MR) is 111 cm³/mol. The summed E-state index contributed by atoms with van der Waals surface area (Å²) >= 11 is 0.885. The Bertz CT molecular complexity index is 1150. The minimum absolute atomic E-state index is 0.132. The van der Waals surface area contributed by atoms with E-state index >= 15 is 0 Å². The fourth-order valence-corrected chi connectivity index (χ4v) is 3.44. The minimum Gasteiger partial charge on any atom is -0.484 e. The van der Waals surface area contributed by atoms with Crippen LogP contribution >= 0.6 is 11.8 Å². The number of anilines is 1. The Labute approximate surface area is 170 Å². The monoisotopic (exact) mass is 405 g/mol. The summed E-state index contributed by atoms with van der Waals surface area (Å²) in [6.45, 7) is -0.132. The highest BCUT2D eigenvalue weighted by molar-refractivity contribution is 8.18. The van der Waals surface area contributed by atoms with Crippen LogP contribution in [0, 0.1) is 0 Å². The maximum atomic E-state index is 12.0. The Morgan fingerprint density at radius 1 is 1.10 bits per heavy atom. The SMILES string of the molecule is O=C(COc1ccc2cc(/C=C3/SC(=O)NC3=O)ccc2c1)Nc1ccccn1. The zero-order chi connectivity index (χ0) is 20.2. The van der Waals surface area contributed by atoms with Crippen LogP contribution in [0.15, 0.2) is 65.7 Å². The van der Waals surface area contributed by atoms with Crippen LogP contribution in [0.5, 0.6) is 5.75 Å². The Hall–Kier alpha value is -3.65. The molecule has 0 spiro atoms. The van der Waals surface area contributed by atoms with Crippen LogP contribution in [0.3, 0.4) is 0 Å². The van der Waals surface area contributed by atoms with Crippen LogP contribution in [0.25, 0.3) is 16.8 Å². The van der Waals surface area contributed by atoms with Crippen molar-refractivity contribution in [1.82, 2.24) is 10.3 Å². The molecule has 4 rings (SSSR count). The average molecular weight is 405 g/mol. The van der Waals surface area contributed by atoms with Crippen molar-refractivity contribution in [2.45, 2.75) is 0 Å². The molecule has 3 aromatic rings. The molecule has 7 nitrogen and oxygen atoms in total. The molecule has 8 heteroatoms. The van der Waals surface area contributed by atoms with Crippen molar-refractivity contribution in [3.8, 4) is 5.75 Å². The third-order valence-electron chi connectivity index (χ3n) is 4.08. The van der Waals surface area contributed by atoms with Crippen LogP contribution in [-0.4, -0.2) is 28.6 Å². The number of fused-ring (bicyclic) bond motifs is 1. The fourth-order valence-electron chi connectivity index (χ4n) is 2.76. The summed E-state index contributed by atoms with van der Waals surface area (Å²) in [5.41, 5.74) is 0.813. The van der Waals surface area contributed by atoms with Crippen molar-refractivity contribution < 1.29 is 19.1 Å². The maximum Gasteiger partial charge on any atom is 0.290 e. The molecule has 1 saturated heterocycles. The van der Waals surface area contributed by atoms with Gasteiger partial charge in [-0.1, -0.05) is 24.3 Å². The predicted octanol–water partition coefficient (Wildman–Crippen LogP) is 3.58. The number of aromatic nitrogens is 1. The standard InChI is InChI=1S/C21H15N3O4S/c25-19(23-18-3-1-2-8-22-18)12-28-16-7-6-14-9-13(4-5-15(14)11-16)10-17-20(26)24-21(27)29-17/h1-11H,12H2,(H,22,23,25)(H,24,26,27)/b17-10+. The summed E-state index contributed by atoms with van der Waals surface area (Å²) < 4.78 is 5.57. The number of imide groups is 1. The summed E-state index contributed by atoms with van der Waals surface area (Å²) in [5.74, 6) is 0.355. The average Bonchev–Trinajstić information content (AvgIpc) is 3.03. The molecule has 2 N–H and O–H groups in total. The van der Waals surface area contributed by atoms with Crippen molar-refractivity contribution in [2.24, 2.45) is 0 Å². The van der Waals surface area contributed by atoms with Crippen molar-refractivity contribution in [1.29, 1.82) is 0 Å². The summed E-state index contributed by atoms with van der Waals surface area (Å²) in [5, 5.41) is 6.40. The van der Waals surface area contributed by atoms with E-state index in [-0.39, 0.29) is 23.7 Å². The van der Waals surface area contributed by atoms with Crippen LogP contribution < -0.4 is 15.4 Å². The molecule has 0 aliphatic carbocycles. The van der Waals surface area contributed by atoms with E-state index in [1.165, 1.54) is 0 Å². The molecule has 1 aliphatic rings. The second kappa shape index (κ2) is 8.15. The highest BCUT2D eigenvalue weighted by Gasteiger charge is 2.24. The van der Waals surface area contributed by atoms with Gasteiger partial charge in [-0.15, -0.1) is 0 Å². The molecule has 2 heterocycles. The highest BCUT2D eigenvalue weighted by Crippen LogP contribution is 2.28. The lowest BCUT2D eigenvalue weighted by molar-refractivity contribution is -0.118. The number of pyridine rings is 1. The highest BCUT2D eigenvalue weighted by atomic mass is 32.2. The number of hydrogen-bond donors (Lipinski definition) is 2. The third kappa shape index (κ3) is 4.61. The number of carbonyl (C=O) groups excluding carboxylic acids is 3. The molecule has 0 saturated carbocycles. The molecule has 3 amide bonds. The van der Waals surface area contributed by atoms with E-state index in [0.29, 0.717) is 16.5 Å². The Balaban J connectivity index is 1.43. The van der Waals surface area contributed by atoms with E-state index in [1.807, 2.05) is 30.3 Å². The normalized spacial score (nSPS) is 14.8. The van der Waals surface area contributed by atoms with Gasteiger partial charge in [0.05, 0.1) is 4.91 Å². The van der Waals surface area contributed by atoms with Gasteiger partial charge in [-0.05, 0) is 64.5 Å². The van der Waals surface area contributed by atoms with Gasteiger partial charge >= 0.3 is 0 Å². The first-order valence-corrected chi connectivity index (χ1v) is 9.51. The molecular weight excluding hydrogens is 390 g/mol. The summed E-state index contributed by atoms with van der Waals surface area (Å²) in [7, 11) is 0. The Morgan fingerprint density at radius 3 is 2.69 bits per heavy atom. The first kappa shape index (κ1) is 18.7. The molecular formula is C21H15N3O4S. The van der Waals surface area contributed by atoms with E-state index in [0.717, 1.165) is 28.1 Å². The van der Waals surface area contributed by atoms with Crippen LogP contribution in [0.1, 0.15) is 5.56 Å². The lowest BCUT2D eigenvalue weighted by Gasteiger charge is -2.08. The molecule has 0 radical (unpaired) electrons. The molecule has 0 bridgehead atoms. The number of hydrogen-bond acceptors (Lipinski definition) is 6. The first-order valence-electron chi connectivity index (χ1n) is 8.69. The largest absolute Gasteiger partial charge is 0.484 e. The number of amides is 3. The molecule has 1 aliphatic heterocycles. The Kier molecular flexibility index (Phi) is 5.26. The van der Waals surface area contributed by atoms with E-state index in [4.69, 9.17) is 4.74 Å².